The molecule has 0 amide bonds. The van der Waals surface area contributed by atoms with Crippen molar-refractivity contribution in [2.45, 2.75) is 18.2 Å². The maximum atomic E-state index is 12.0. The van der Waals surface area contributed by atoms with E-state index in [1.54, 1.807) is 11.8 Å². The second-order valence-electron chi connectivity index (χ2n) is 3.63. The lowest BCUT2D eigenvalue weighted by Crippen LogP contribution is -2.26. The van der Waals surface area contributed by atoms with Gasteiger partial charge in [-0.3, -0.25) is 0 Å². The number of benzene rings is 1. The van der Waals surface area contributed by atoms with Crippen LogP contribution in [0, 0.1) is 0 Å². The molecular weight excluding hydrogens is 292 g/mol. The lowest BCUT2D eigenvalue weighted by Gasteiger charge is -2.09. The fourth-order valence-electron chi connectivity index (χ4n) is 1.37. The quantitative estimate of drug-likeness (QED) is 0.599. The number of sulfonamides is 1. The van der Waals surface area contributed by atoms with Gasteiger partial charge < -0.3 is 5.73 Å². The van der Waals surface area contributed by atoms with E-state index in [4.69, 9.17) is 17.3 Å². The van der Waals surface area contributed by atoms with Gasteiger partial charge in [0.15, 0.2) is 0 Å². The van der Waals surface area contributed by atoms with Gasteiger partial charge in [-0.25, -0.2) is 13.1 Å². The van der Waals surface area contributed by atoms with E-state index in [1.165, 1.54) is 18.2 Å². The molecular formula is C11H17ClN2O2S2. The number of halogens is 1. The number of thioether (sulfide) groups is 1. The second-order valence-corrected chi connectivity index (χ2v) is 7.20. The van der Waals surface area contributed by atoms with Gasteiger partial charge in [-0.2, -0.15) is 11.8 Å². The SMILES string of the molecule is CCSCCCNS(=O)(=O)c1ccc(Cl)cc1N. The van der Waals surface area contributed by atoms with Gasteiger partial charge in [0.2, 0.25) is 10.0 Å². The predicted octanol–water partition coefficient (Wildman–Crippen LogP) is 2.34. The molecule has 0 saturated carbocycles. The fourth-order valence-corrected chi connectivity index (χ4v) is 3.37. The summed E-state index contributed by atoms with van der Waals surface area (Å²) in [7, 11) is -3.54. The summed E-state index contributed by atoms with van der Waals surface area (Å²) in [5.41, 5.74) is 5.82. The van der Waals surface area contributed by atoms with E-state index < -0.39 is 10.0 Å². The maximum Gasteiger partial charge on any atom is 0.242 e. The molecule has 0 aliphatic heterocycles. The van der Waals surface area contributed by atoms with Crippen LogP contribution in [0.4, 0.5) is 5.69 Å². The van der Waals surface area contributed by atoms with Crippen LogP contribution in [0.25, 0.3) is 0 Å². The molecule has 0 aliphatic carbocycles. The van der Waals surface area contributed by atoms with Crippen molar-refractivity contribution in [3.05, 3.63) is 23.2 Å². The van der Waals surface area contributed by atoms with Crippen molar-refractivity contribution < 1.29 is 8.42 Å². The van der Waals surface area contributed by atoms with Gasteiger partial charge in [0.25, 0.3) is 0 Å². The van der Waals surface area contributed by atoms with E-state index in [2.05, 4.69) is 11.6 Å². The molecule has 0 radical (unpaired) electrons. The molecule has 0 aliphatic rings. The van der Waals surface area contributed by atoms with Gasteiger partial charge in [0, 0.05) is 11.6 Å². The van der Waals surface area contributed by atoms with Gasteiger partial charge >= 0.3 is 0 Å². The molecule has 1 aromatic rings. The van der Waals surface area contributed by atoms with Crippen molar-refractivity contribution in [2.24, 2.45) is 0 Å². The smallest absolute Gasteiger partial charge is 0.242 e. The van der Waals surface area contributed by atoms with Crippen LogP contribution in [0.2, 0.25) is 5.02 Å². The van der Waals surface area contributed by atoms with E-state index in [0.29, 0.717) is 11.6 Å². The molecule has 0 bridgehead atoms. The number of hydrogen-bond acceptors (Lipinski definition) is 4. The summed E-state index contributed by atoms with van der Waals surface area (Å²) in [5.74, 6) is 1.98. The van der Waals surface area contributed by atoms with Crippen molar-refractivity contribution in [3.63, 3.8) is 0 Å². The highest BCUT2D eigenvalue weighted by Crippen LogP contribution is 2.22. The number of nitrogens with two attached hydrogens (primary N) is 1. The zero-order valence-electron chi connectivity index (χ0n) is 10.1. The molecule has 102 valence electrons. The Labute approximate surface area is 117 Å². The van der Waals surface area contributed by atoms with E-state index in [1.807, 2.05) is 0 Å². The topological polar surface area (TPSA) is 72.2 Å². The first kappa shape index (κ1) is 15.6. The van der Waals surface area contributed by atoms with Crippen LogP contribution < -0.4 is 10.5 Å². The van der Waals surface area contributed by atoms with Gasteiger partial charge in [-0.1, -0.05) is 18.5 Å². The summed E-state index contributed by atoms with van der Waals surface area (Å²) in [5, 5.41) is 0.422. The zero-order valence-corrected chi connectivity index (χ0v) is 12.5. The van der Waals surface area contributed by atoms with Crippen LogP contribution >= 0.6 is 23.4 Å². The minimum Gasteiger partial charge on any atom is -0.398 e. The third kappa shape index (κ3) is 4.68. The van der Waals surface area contributed by atoms with Crippen molar-refractivity contribution >= 4 is 39.1 Å². The Bertz CT molecular complexity index is 492. The molecule has 1 rings (SSSR count). The maximum absolute atomic E-state index is 12.0. The Hall–Kier alpha value is -0.430. The Morgan fingerprint density at radius 2 is 2.17 bits per heavy atom. The minimum absolute atomic E-state index is 0.0787. The van der Waals surface area contributed by atoms with Crippen LogP contribution in [-0.2, 0) is 10.0 Å². The summed E-state index contributed by atoms with van der Waals surface area (Å²) in [6.07, 6.45) is 0.797. The number of nitrogen functional groups attached to an aromatic ring is 1. The predicted molar refractivity (Wildman–Crippen MR) is 78.7 cm³/mol. The summed E-state index contributed by atoms with van der Waals surface area (Å²) in [6.45, 7) is 2.49. The largest absolute Gasteiger partial charge is 0.398 e. The van der Waals surface area contributed by atoms with Crippen LogP contribution in [0.1, 0.15) is 13.3 Å². The first-order chi connectivity index (χ1) is 8.47. The molecule has 7 heteroatoms. The third-order valence-electron chi connectivity index (χ3n) is 2.22. The summed E-state index contributed by atoms with van der Waals surface area (Å²) in [6, 6.07) is 4.36. The van der Waals surface area contributed by atoms with Gasteiger partial charge in [-0.05, 0) is 36.1 Å². The summed E-state index contributed by atoms with van der Waals surface area (Å²) < 4.78 is 26.4. The minimum atomic E-state index is -3.54. The van der Waals surface area contributed by atoms with E-state index in [0.717, 1.165) is 17.9 Å². The molecule has 18 heavy (non-hydrogen) atoms. The lowest BCUT2D eigenvalue weighted by atomic mass is 10.3. The Balaban J connectivity index is 2.63. The van der Waals surface area contributed by atoms with Crippen LogP contribution in [0.5, 0.6) is 0 Å². The Morgan fingerprint density at radius 3 is 2.78 bits per heavy atom. The molecule has 0 heterocycles. The first-order valence-corrected chi connectivity index (χ1v) is 8.61. The molecule has 1 aromatic carbocycles. The Kier molecular flexibility index (Phi) is 6.28. The molecule has 0 fully saturated rings. The molecule has 0 aromatic heterocycles. The molecule has 0 spiro atoms. The second kappa shape index (κ2) is 7.23. The lowest BCUT2D eigenvalue weighted by molar-refractivity contribution is 0.581. The molecule has 4 nitrogen and oxygen atoms in total. The highest BCUT2D eigenvalue weighted by Gasteiger charge is 2.16. The average molecular weight is 309 g/mol. The van der Waals surface area contributed by atoms with Crippen molar-refractivity contribution in [1.29, 1.82) is 0 Å². The number of hydrogen-bond donors (Lipinski definition) is 2. The molecule has 3 N–H and O–H groups in total. The number of rotatable bonds is 7. The number of anilines is 1. The van der Waals surface area contributed by atoms with Crippen molar-refractivity contribution in [1.82, 2.24) is 4.72 Å². The van der Waals surface area contributed by atoms with Crippen molar-refractivity contribution in [2.75, 3.05) is 23.8 Å². The van der Waals surface area contributed by atoms with E-state index >= 15 is 0 Å². The highest BCUT2D eigenvalue weighted by molar-refractivity contribution is 7.99. The average Bonchev–Trinajstić information content (AvgIpc) is 2.28. The van der Waals surface area contributed by atoms with Crippen LogP contribution in [-0.4, -0.2) is 26.5 Å². The normalized spacial score (nSPS) is 11.7. The standard InChI is InChI=1S/C11H17ClN2O2S2/c1-2-17-7-3-6-14-18(15,16)11-5-4-9(12)8-10(11)13/h4-5,8,14H,2-3,6-7,13H2,1H3. The van der Waals surface area contributed by atoms with Gasteiger partial charge in [0.05, 0.1) is 5.69 Å². The van der Waals surface area contributed by atoms with Crippen LogP contribution in [0.15, 0.2) is 23.1 Å². The zero-order chi connectivity index (χ0) is 13.6. The molecule has 0 unspecified atom stereocenters. The summed E-state index contributed by atoms with van der Waals surface area (Å²) >= 11 is 7.51. The van der Waals surface area contributed by atoms with Crippen molar-refractivity contribution in [3.8, 4) is 0 Å². The monoisotopic (exact) mass is 308 g/mol. The fraction of sp³-hybridized carbons (Fsp3) is 0.455. The summed E-state index contributed by atoms with van der Waals surface area (Å²) in [4.78, 5) is 0.0787. The van der Waals surface area contributed by atoms with E-state index in [9.17, 15) is 8.42 Å². The molecule has 0 saturated heterocycles. The Morgan fingerprint density at radius 1 is 1.44 bits per heavy atom. The third-order valence-corrected chi connectivity index (χ3v) is 4.98. The van der Waals surface area contributed by atoms with Gasteiger partial charge in [0.1, 0.15) is 4.90 Å². The van der Waals surface area contributed by atoms with Gasteiger partial charge in [-0.15, -0.1) is 0 Å². The highest BCUT2D eigenvalue weighted by atomic mass is 35.5. The number of nitrogens with one attached hydrogen (secondary N) is 1. The van der Waals surface area contributed by atoms with Crippen LogP contribution in [0.3, 0.4) is 0 Å². The first-order valence-electron chi connectivity index (χ1n) is 5.60. The molecule has 0 atom stereocenters. The van der Waals surface area contributed by atoms with E-state index in [-0.39, 0.29) is 10.6 Å².